The van der Waals surface area contributed by atoms with Crippen molar-refractivity contribution in [1.82, 2.24) is 5.32 Å². The minimum absolute atomic E-state index is 0.0705. The predicted octanol–water partition coefficient (Wildman–Crippen LogP) is 14.5. The van der Waals surface area contributed by atoms with E-state index in [1.54, 1.807) is 0 Å². The smallest absolute Gasteiger partial charge is 0.306 e. The highest BCUT2D eigenvalue weighted by Crippen LogP contribution is 2.18. The summed E-state index contributed by atoms with van der Waals surface area (Å²) in [6.45, 7) is 6.36. The van der Waals surface area contributed by atoms with Gasteiger partial charge in [0.25, 0.3) is 0 Å². The fraction of sp³-hybridized carbons (Fsp3) is 0.843. The number of rotatable bonds is 44. The molecule has 0 aliphatic heterocycles. The number of aliphatic hydroxyl groups is 2. The van der Waals surface area contributed by atoms with Crippen molar-refractivity contribution >= 4 is 11.9 Å². The Hall–Kier alpha value is -1.92. The van der Waals surface area contributed by atoms with Crippen LogP contribution in [-0.2, 0) is 14.3 Å². The summed E-state index contributed by atoms with van der Waals surface area (Å²) in [7, 11) is 0. The Morgan fingerprint density at radius 1 is 0.526 bits per heavy atom. The topological polar surface area (TPSA) is 95.9 Å². The van der Waals surface area contributed by atoms with Gasteiger partial charge in [-0.2, -0.15) is 0 Å². The van der Waals surface area contributed by atoms with Gasteiger partial charge in [0.1, 0.15) is 6.10 Å². The van der Waals surface area contributed by atoms with E-state index in [9.17, 15) is 19.8 Å². The van der Waals surface area contributed by atoms with Crippen LogP contribution in [0.1, 0.15) is 252 Å². The molecule has 3 unspecified atom stereocenters. The van der Waals surface area contributed by atoms with Crippen LogP contribution >= 0.6 is 0 Å². The molecule has 0 fully saturated rings. The molecular formula is C51H95NO5. The minimum atomic E-state index is -0.788. The van der Waals surface area contributed by atoms with Gasteiger partial charge in [0.05, 0.1) is 25.2 Å². The number of nitrogens with one attached hydrogen (secondary N) is 1. The molecule has 0 aromatic heterocycles. The van der Waals surface area contributed by atoms with E-state index in [4.69, 9.17) is 4.74 Å². The zero-order chi connectivity index (χ0) is 41.7. The van der Waals surface area contributed by atoms with E-state index in [2.05, 4.69) is 62.5 Å². The molecular weight excluding hydrogens is 707 g/mol. The molecule has 0 radical (unpaired) electrons. The highest BCUT2D eigenvalue weighted by molar-refractivity contribution is 5.77. The Bertz CT molecular complexity index is 946. The van der Waals surface area contributed by atoms with Gasteiger partial charge in [0.2, 0.25) is 5.91 Å². The third kappa shape index (κ3) is 40.6. The molecule has 57 heavy (non-hydrogen) atoms. The van der Waals surface area contributed by atoms with Gasteiger partial charge in [0.15, 0.2) is 0 Å². The van der Waals surface area contributed by atoms with Gasteiger partial charge in [-0.1, -0.05) is 198 Å². The number of carbonyl (C=O) groups excluding carboxylic acids is 2. The lowest BCUT2D eigenvalue weighted by Crippen LogP contribution is -2.46. The number of hydrogen-bond donors (Lipinski definition) is 3. The Morgan fingerprint density at radius 3 is 1.46 bits per heavy atom. The Labute approximate surface area is 353 Å². The first-order chi connectivity index (χ1) is 28.0. The molecule has 6 nitrogen and oxygen atoms in total. The molecule has 0 saturated carbocycles. The lowest BCUT2D eigenvalue weighted by molar-refractivity contribution is -0.151. The van der Waals surface area contributed by atoms with E-state index in [0.29, 0.717) is 19.3 Å². The molecule has 0 saturated heterocycles. The lowest BCUT2D eigenvalue weighted by atomic mass is 10.0. The molecule has 0 aromatic rings. The summed E-state index contributed by atoms with van der Waals surface area (Å²) < 4.78 is 5.92. The summed E-state index contributed by atoms with van der Waals surface area (Å²) in [5.74, 6) is -0.486. The number of allylic oxidation sites excluding steroid dienone is 6. The molecule has 0 aliphatic carbocycles. The maximum Gasteiger partial charge on any atom is 0.306 e. The van der Waals surface area contributed by atoms with Crippen LogP contribution in [0.2, 0.25) is 0 Å². The van der Waals surface area contributed by atoms with E-state index in [-0.39, 0.29) is 24.9 Å². The zero-order valence-electron chi connectivity index (χ0n) is 38.0. The number of unbranched alkanes of at least 4 members (excludes halogenated alkanes) is 26. The summed E-state index contributed by atoms with van der Waals surface area (Å²) in [4.78, 5) is 26.1. The minimum Gasteiger partial charge on any atom is -0.462 e. The first-order valence-electron chi connectivity index (χ1n) is 24.7. The quantitative estimate of drug-likeness (QED) is 0.0324. The van der Waals surface area contributed by atoms with Crippen molar-refractivity contribution in [2.75, 3.05) is 6.61 Å². The van der Waals surface area contributed by atoms with E-state index < -0.39 is 18.2 Å². The van der Waals surface area contributed by atoms with Crippen molar-refractivity contribution in [2.45, 2.75) is 270 Å². The second-order valence-corrected chi connectivity index (χ2v) is 16.8. The molecule has 0 rings (SSSR count). The predicted molar refractivity (Wildman–Crippen MR) is 246 cm³/mol. The van der Waals surface area contributed by atoms with Gasteiger partial charge >= 0.3 is 5.97 Å². The fourth-order valence-electron chi connectivity index (χ4n) is 7.46. The van der Waals surface area contributed by atoms with Crippen LogP contribution in [0.5, 0.6) is 0 Å². The SMILES string of the molecule is CC/C=C/C/C=C/CCCCCCCCCC(=O)OC(CCCCCCC/C=C\CCCCCC)CC(=O)NC(CO)C(O)CCCCCCCCCCCCC. The molecule has 0 aliphatic rings. The van der Waals surface area contributed by atoms with Gasteiger partial charge in [-0.25, -0.2) is 0 Å². The summed E-state index contributed by atoms with van der Waals surface area (Å²) in [5, 5.41) is 23.7. The number of esters is 1. The molecule has 0 spiro atoms. The zero-order valence-corrected chi connectivity index (χ0v) is 38.0. The van der Waals surface area contributed by atoms with Crippen molar-refractivity contribution in [3.8, 4) is 0 Å². The Morgan fingerprint density at radius 2 is 0.947 bits per heavy atom. The summed E-state index contributed by atoms with van der Waals surface area (Å²) >= 11 is 0. The van der Waals surface area contributed by atoms with E-state index in [1.807, 2.05) is 0 Å². The number of ether oxygens (including phenoxy) is 1. The standard InChI is InChI=1S/C51H95NO5/c1-4-7-10-13-16-19-22-24-26-29-32-35-38-41-44-51(56)57-47(42-39-36-33-30-28-25-23-20-17-14-11-8-5-2)45-50(55)52-48(46-53)49(54)43-40-37-34-31-27-21-18-15-12-9-6-3/h7,10,16,19-20,23,47-49,53-54H,4-6,8-9,11-15,17-18,21-22,24-46H2,1-3H3,(H,52,55)/b10-7+,19-16+,23-20-. The summed E-state index contributed by atoms with van der Waals surface area (Å²) in [6, 6.07) is -0.702. The Kier molecular flexibility index (Phi) is 43.6. The molecule has 1 amide bonds. The average molecular weight is 802 g/mol. The van der Waals surface area contributed by atoms with Gasteiger partial charge in [-0.3, -0.25) is 9.59 Å². The monoisotopic (exact) mass is 802 g/mol. The van der Waals surface area contributed by atoms with Crippen LogP contribution in [0, 0.1) is 0 Å². The lowest BCUT2D eigenvalue weighted by Gasteiger charge is -2.24. The van der Waals surface area contributed by atoms with Crippen LogP contribution in [0.25, 0.3) is 0 Å². The molecule has 334 valence electrons. The second kappa shape index (κ2) is 45.2. The fourth-order valence-corrected chi connectivity index (χ4v) is 7.46. The maximum atomic E-state index is 13.2. The van der Waals surface area contributed by atoms with E-state index in [1.165, 1.54) is 122 Å². The largest absolute Gasteiger partial charge is 0.462 e. The first-order valence-corrected chi connectivity index (χ1v) is 24.7. The molecule has 0 bridgehead atoms. The second-order valence-electron chi connectivity index (χ2n) is 16.8. The van der Waals surface area contributed by atoms with Crippen LogP contribution < -0.4 is 5.32 Å². The first kappa shape index (κ1) is 55.1. The number of aliphatic hydroxyl groups excluding tert-OH is 2. The third-order valence-electron chi connectivity index (χ3n) is 11.2. The number of hydrogen-bond acceptors (Lipinski definition) is 5. The molecule has 3 N–H and O–H groups in total. The summed E-state index contributed by atoms with van der Waals surface area (Å²) in [5.41, 5.74) is 0. The van der Waals surface area contributed by atoms with Crippen LogP contribution in [0.4, 0.5) is 0 Å². The van der Waals surface area contributed by atoms with E-state index in [0.717, 1.165) is 83.5 Å². The maximum absolute atomic E-state index is 13.2. The third-order valence-corrected chi connectivity index (χ3v) is 11.2. The molecule has 3 atom stereocenters. The average Bonchev–Trinajstić information content (AvgIpc) is 3.20. The molecule has 0 aromatic carbocycles. The highest BCUT2D eigenvalue weighted by atomic mass is 16.5. The van der Waals surface area contributed by atoms with Gasteiger partial charge in [-0.05, 0) is 77.0 Å². The van der Waals surface area contributed by atoms with Crippen molar-refractivity contribution in [3.05, 3.63) is 36.5 Å². The van der Waals surface area contributed by atoms with Crippen molar-refractivity contribution in [3.63, 3.8) is 0 Å². The van der Waals surface area contributed by atoms with Gasteiger partial charge in [0, 0.05) is 6.42 Å². The van der Waals surface area contributed by atoms with Crippen molar-refractivity contribution in [1.29, 1.82) is 0 Å². The van der Waals surface area contributed by atoms with Crippen molar-refractivity contribution < 1.29 is 24.5 Å². The van der Waals surface area contributed by atoms with E-state index >= 15 is 0 Å². The van der Waals surface area contributed by atoms with Gasteiger partial charge < -0.3 is 20.3 Å². The highest BCUT2D eigenvalue weighted by Gasteiger charge is 2.24. The van der Waals surface area contributed by atoms with Crippen molar-refractivity contribution in [2.24, 2.45) is 0 Å². The van der Waals surface area contributed by atoms with Crippen LogP contribution in [-0.4, -0.2) is 46.9 Å². The number of amides is 1. The van der Waals surface area contributed by atoms with Crippen LogP contribution in [0.3, 0.4) is 0 Å². The summed E-state index contributed by atoms with van der Waals surface area (Å²) in [6.07, 6.45) is 52.0. The molecule has 0 heterocycles. The van der Waals surface area contributed by atoms with Gasteiger partial charge in [-0.15, -0.1) is 0 Å². The number of carbonyl (C=O) groups is 2. The normalized spacial score (nSPS) is 13.6. The Balaban J connectivity index is 4.59. The van der Waals surface area contributed by atoms with Crippen LogP contribution in [0.15, 0.2) is 36.5 Å². The molecule has 6 heteroatoms.